The van der Waals surface area contributed by atoms with Crippen molar-refractivity contribution in [3.8, 4) is 5.75 Å². The van der Waals surface area contributed by atoms with Crippen LogP contribution in [0.5, 0.6) is 5.75 Å². The van der Waals surface area contributed by atoms with Gasteiger partial charge in [-0.25, -0.2) is 0 Å². The first-order chi connectivity index (χ1) is 9.76. The fourth-order valence-electron chi connectivity index (χ4n) is 2.55. The standard InChI is InChI=1S/C17H18BrNO/c1-2-12-3-6-14(7-4-12)19-16-9-10-20-17-8-5-13(18)11-15(16)17/h3-8,11,16,19H,2,9-10H2,1H3. The van der Waals surface area contributed by atoms with Gasteiger partial charge in [-0.1, -0.05) is 35.0 Å². The maximum Gasteiger partial charge on any atom is 0.124 e. The summed E-state index contributed by atoms with van der Waals surface area (Å²) in [6.45, 7) is 2.94. The number of ether oxygens (including phenoxy) is 1. The number of nitrogens with one attached hydrogen (secondary N) is 1. The van der Waals surface area contributed by atoms with Crippen molar-refractivity contribution in [2.24, 2.45) is 0 Å². The summed E-state index contributed by atoms with van der Waals surface area (Å²) < 4.78 is 6.81. The number of anilines is 1. The molecule has 0 saturated heterocycles. The van der Waals surface area contributed by atoms with E-state index >= 15 is 0 Å². The molecule has 20 heavy (non-hydrogen) atoms. The number of hydrogen-bond donors (Lipinski definition) is 1. The number of hydrogen-bond acceptors (Lipinski definition) is 2. The molecule has 1 N–H and O–H groups in total. The molecule has 0 radical (unpaired) electrons. The smallest absolute Gasteiger partial charge is 0.124 e. The summed E-state index contributed by atoms with van der Waals surface area (Å²) in [5, 5.41) is 3.61. The van der Waals surface area contributed by atoms with Crippen molar-refractivity contribution in [3.63, 3.8) is 0 Å². The van der Waals surface area contributed by atoms with Crippen LogP contribution in [0.3, 0.4) is 0 Å². The molecule has 1 aliphatic rings. The van der Waals surface area contributed by atoms with Crippen LogP contribution < -0.4 is 10.1 Å². The molecule has 104 valence electrons. The normalized spacial score (nSPS) is 17.2. The predicted octanol–water partition coefficient (Wildman–Crippen LogP) is 4.95. The molecule has 0 bridgehead atoms. The molecule has 3 rings (SSSR count). The topological polar surface area (TPSA) is 21.3 Å². The molecule has 0 aromatic heterocycles. The highest BCUT2D eigenvalue weighted by molar-refractivity contribution is 9.10. The van der Waals surface area contributed by atoms with E-state index in [-0.39, 0.29) is 0 Å². The lowest BCUT2D eigenvalue weighted by molar-refractivity contribution is 0.274. The van der Waals surface area contributed by atoms with Crippen molar-refractivity contribution >= 4 is 21.6 Å². The van der Waals surface area contributed by atoms with Gasteiger partial charge in [0.1, 0.15) is 5.75 Å². The van der Waals surface area contributed by atoms with E-state index in [1.54, 1.807) is 0 Å². The van der Waals surface area contributed by atoms with Crippen LogP contribution in [0, 0.1) is 0 Å². The highest BCUT2D eigenvalue weighted by Crippen LogP contribution is 2.36. The van der Waals surface area contributed by atoms with Crippen LogP contribution in [-0.4, -0.2) is 6.61 Å². The SMILES string of the molecule is CCc1ccc(NC2CCOc3ccc(Br)cc32)cc1. The Labute approximate surface area is 128 Å². The maximum absolute atomic E-state index is 5.72. The predicted molar refractivity (Wildman–Crippen MR) is 86.4 cm³/mol. The zero-order valence-corrected chi connectivity index (χ0v) is 13.1. The van der Waals surface area contributed by atoms with Crippen LogP contribution in [0.15, 0.2) is 46.9 Å². The highest BCUT2D eigenvalue weighted by Gasteiger charge is 2.21. The Morgan fingerprint density at radius 1 is 1.20 bits per heavy atom. The Balaban J connectivity index is 1.83. The van der Waals surface area contributed by atoms with Crippen LogP contribution in [0.2, 0.25) is 0 Å². The fourth-order valence-corrected chi connectivity index (χ4v) is 2.93. The number of fused-ring (bicyclic) bond motifs is 1. The summed E-state index contributed by atoms with van der Waals surface area (Å²) in [5.41, 5.74) is 3.76. The number of aryl methyl sites for hydroxylation is 1. The van der Waals surface area contributed by atoms with Gasteiger partial charge in [0.15, 0.2) is 0 Å². The Bertz CT molecular complexity index is 594. The van der Waals surface area contributed by atoms with E-state index in [0.717, 1.165) is 29.7 Å². The van der Waals surface area contributed by atoms with Crippen molar-refractivity contribution in [1.29, 1.82) is 0 Å². The van der Waals surface area contributed by atoms with Gasteiger partial charge in [0.2, 0.25) is 0 Å². The van der Waals surface area contributed by atoms with Gasteiger partial charge in [-0.2, -0.15) is 0 Å². The Morgan fingerprint density at radius 3 is 2.75 bits per heavy atom. The first-order valence-electron chi connectivity index (χ1n) is 7.04. The zero-order chi connectivity index (χ0) is 13.9. The lowest BCUT2D eigenvalue weighted by Gasteiger charge is -2.27. The first-order valence-corrected chi connectivity index (χ1v) is 7.83. The quantitative estimate of drug-likeness (QED) is 0.859. The molecule has 2 aromatic rings. The lowest BCUT2D eigenvalue weighted by Crippen LogP contribution is -2.20. The molecule has 0 fully saturated rings. The summed E-state index contributed by atoms with van der Waals surface area (Å²) in [6, 6.07) is 15.2. The molecule has 1 atom stereocenters. The minimum absolute atomic E-state index is 0.309. The summed E-state index contributed by atoms with van der Waals surface area (Å²) in [4.78, 5) is 0. The lowest BCUT2D eigenvalue weighted by atomic mass is 10.00. The second-order valence-corrected chi connectivity index (χ2v) is 5.98. The third-order valence-corrected chi connectivity index (χ3v) is 4.21. The molecule has 2 aromatic carbocycles. The largest absolute Gasteiger partial charge is 0.493 e. The van der Waals surface area contributed by atoms with E-state index in [4.69, 9.17) is 4.74 Å². The number of halogens is 1. The van der Waals surface area contributed by atoms with E-state index in [1.165, 1.54) is 16.8 Å². The van der Waals surface area contributed by atoms with E-state index in [1.807, 2.05) is 12.1 Å². The van der Waals surface area contributed by atoms with Gasteiger partial charge in [0.25, 0.3) is 0 Å². The fraction of sp³-hybridized carbons (Fsp3) is 0.294. The third-order valence-electron chi connectivity index (χ3n) is 3.71. The van der Waals surface area contributed by atoms with Gasteiger partial charge in [0.05, 0.1) is 12.6 Å². The minimum atomic E-state index is 0.309. The Morgan fingerprint density at radius 2 is 2.00 bits per heavy atom. The molecule has 2 nitrogen and oxygen atoms in total. The van der Waals surface area contributed by atoms with Crippen molar-refractivity contribution in [1.82, 2.24) is 0 Å². The van der Waals surface area contributed by atoms with Gasteiger partial charge in [-0.3, -0.25) is 0 Å². The van der Waals surface area contributed by atoms with Crippen LogP contribution in [0.25, 0.3) is 0 Å². The third kappa shape index (κ3) is 2.83. The van der Waals surface area contributed by atoms with E-state index in [0.29, 0.717) is 6.04 Å². The molecule has 1 unspecified atom stereocenters. The second kappa shape index (κ2) is 5.88. The van der Waals surface area contributed by atoms with Crippen LogP contribution in [0.1, 0.15) is 30.5 Å². The Kier molecular flexibility index (Phi) is 3.97. The summed E-state index contributed by atoms with van der Waals surface area (Å²) in [6.07, 6.45) is 2.06. The minimum Gasteiger partial charge on any atom is -0.493 e. The van der Waals surface area contributed by atoms with Crippen LogP contribution in [0.4, 0.5) is 5.69 Å². The first kappa shape index (κ1) is 13.5. The molecule has 0 amide bonds. The van der Waals surface area contributed by atoms with E-state index in [9.17, 15) is 0 Å². The van der Waals surface area contributed by atoms with Crippen molar-refractivity contribution in [3.05, 3.63) is 58.1 Å². The summed E-state index contributed by atoms with van der Waals surface area (Å²) in [7, 11) is 0. The van der Waals surface area contributed by atoms with Crippen LogP contribution in [-0.2, 0) is 6.42 Å². The van der Waals surface area contributed by atoms with Gasteiger partial charge in [-0.05, 0) is 42.3 Å². The van der Waals surface area contributed by atoms with Crippen molar-refractivity contribution in [2.75, 3.05) is 11.9 Å². The summed E-state index contributed by atoms with van der Waals surface area (Å²) in [5.74, 6) is 0.988. The zero-order valence-electron chi connectivity index (χ0n) is 11.5. The van der Waals surface area contributed by atoms with E-state index < -0.39 is 0 Å². The molecule has 0 spiro atoms. The average Bonchev–Trinajstić information content (AvgIpc) is 2.49. The van der Waals surface area contributed by atoms with Gasteiger partial charge in [-0.15, -0.1) is 0 Å². The average molecular weight is 332 g/mol. The molecule has 0 aliphatic carbocycles. The molecule has 3 heteroatoms. The molecular weight excluding hydrogens is 314 g/mol. The highest BCUT2D eigenvalue weighted by atomic mass is 79.9. The van der Waals surface area contributed by atoms with Crippen molar-refractivity contribution < 1.29 is 4.74 Å². The summed E-state index contributed by atoms with van der Waals surface area (Å²) >= 11 is 3.54. The molecule has 1 aliphatic heterocycles. The van der Waals surface area contributed by atoms with Gasteiger partial charge >= 0.3 is 0 Å². The molecule has 1 heterocycles. The Hall–Kier alpha value is -1.48. The molecule has 0 saturated carbocycles. The van der Waals surface area contributed by atoms with Gasteiger partial charge < -0.3 is 10.1 Å². The number of benzene rings is 2. The second-order valence-electron chi connectivity index (χ2n) is 5.07. The molecular formula is C17H18BrNO. The number of rotatable bonds is 3. The van der Waals surface area contributed by atoms with E-state index in [2.05, 4.69) is 58.5 Å². The maximum atomic E-state index is 5.72. The van der Waals surface area contributed by atoms with Crippen LogP contribution >= 0.6 is 15.9 Å². The van der Waals surface area contributed by atoms with Crippen molar-refractivity contribution in [2.45, 2.75) is 25.8 Å². The monoisotopic (exact) mass is 331 g/mol. The van der Waals surface area contributed by atoms with Gasteiger partial charge in [0, 0.05) is 22.1 Å².